The van der Waals surface area contributed by atoms with E-state index in [9.17, 15) is 4.79 Å². The molecule has 96 valence electrons. The first-order chi connectivity index (χ1) is 7.98. The molecule has 0 unspecified atom stereocenters. The van der Waals surface area contributed by atoms with Gasteiger partial charge in [0.1, 0.15) is 5.54 Å². The number of hydrogen-bond donors (Lipinski definition) is 4. The molecule has 0 radical (unpaired) electrons. The van der Waals surface area contributed by atoms with Crippen molar-refractivity contribution in [3.63, 3.8) is 0 Å². The molecule has 0 spiro atoms. The molecule has 1 aromatic heterocycles. The maximum absolute atomic E-state index is 11.9. The molecular formula is C11H17NO4S. The summed E-state index contributed by atoms with van der Waals surface area (Å²) in [5.74, 6) is -0.400. The van der Waals surface area contributed by atoms with E-state index in [0.29, 0.717) is 4.88 Å². The van der Waals surface area contributed by atoms with E-state index >= 15 is 0 Å². The summed E-state index contributed by atoms with van der Waals surface area (Å²) >= 11 is 1.34. The minimum atomic E-state index is -1.37. The summed E-state index contributed by atoms with van der Waals surface area (Å²) in [7, 11) is 0. The number of thiophene rings is 1. The summed E-state index contributed by atoms with van der Waals surface area (Å²) in [6.45, 7) is 2.26. The van der Waals surface area contributed by atoms with E-state index < -0.39 is 31.3 Å². The summed E-state index contributed by atoms with van der Waals surface area (Å²) in [4.78, 5) is 13.4. The third-order valence-corrected chi connectivity index (χ3v) is 3.83. The van der Waals surface area contributed by atoms with Gasteiger partial charge in [-0.15, -0.1) is 11.3 Å². The Kier molecular flexibility index (Phi) is 4.64. The van der Waals surface area contributed by atoms with Crippen molar-refractivity contribution in [1.29, 1.82) is 0 Å². The number of rotatable bonds is 5. The summed E-state index contributed by atoms with van der Waals surface area (Å²) in [5.41, 5.74) is -0.356. The average molecular weight is 259 g/mol. The Labute approximate surface area is 104 Å². The van der Waals surface area contributed by atoms with Crippen molar-refractivity contribution in [2.45, 2.75) is 19.4 Å². The zero-order valence-electron chi connectivity index (χ0n) is 9.86. The Balaban J connectivity index is 2.84. The van der Waals surface area contributed by atoms with Crippen molar-refractivity contribution >= 4 is 17.2 Å². The minimum Gasteiger partial charge on any atom is -0.394 e. The molecule has 0 aromatic carbocycles. The van der Waals surface area contributed by atoms with Gasteiger partial charge in [0.15, 0.2) is 0 Å². The van der Waals surface area contributed by atoms with Gasteiger partial charge < -0.3 is 20.6 Å². The molecule has 1 heterocycles. The second-order valence-corrected chi connectivity index (χ2v) is 5.31. The van der Waals surface area contributed by atoms with Gasteiger partial charge in [-0.25, -0.2) is 0 Å². The van der Waals surface area contributed by atoms with Gasteiger partial charge in [-0.05, 0) is 25.5 Å². The molecule has 0 aliphatic rings. The predicted molar refractivity (Wildman–Crippen MR) is 65.2 cm³/mol. The molecule has 5 nitrogen and oxygen atoms in total. The van der Waals surface area contributed by atoms with Crippen molar-refractivity contribution in [2.75, 3.05) is 19.8 Å². The van der Waals surface area contributed by atoms with Crippen LogP contribution >= 0.6 is 11.3 Å². The van der Waals surface area contributed by atoms with Crippen molar-refractivity contribution < 1.29 is 20.1 Å². The van der Waals surface area contributed by atoms with Crippen LogP contribution in [0.4, 0.5) is 0 Å². The summed E-state index contributed by atoms with van der Waals surface area (Å²) < 4.78 is 0. The van der Waals surface area contributed by atoms with Gasteiger partial charge in [0.05, 0.1) is 24.7 Å². The van der Waals surface area contributed by atoms with Crippen LogP contribution in [0.15, 0.2) is 6.07 Å². The number of aryl methyl sites for hydroxylation is 2. The summed E-state index contributed by atoms with van der Waals surface area (Å²) in [6, 6.07) is 1.74. The molecule has 4 N–H and O–H groups in total. The van der Waals surface area contributed by atoms with Crippen molar-refractivity contribution in [1.82, 2.24) is 5.32 Å². The Bertz CT molecular complexity index is 370. The Hall–Kier alpha value is -0.950. The average Bonchev–Trinajstić information content (AvgIpc) is 2.67. The smallest absolute Gasteiger partial charge is 0.262 e. The van der Waals surface area contributed by atoms with E-state index in [0.717, 1.165) is 10.4 Å². The van der Waals surface area contributed by atoms with Gasteiger partial charge in [0.2, 0.25) is 0 Å². The lowest BCUT2D eigenvalue weighted by Crippen LogP contribution is -2.56. The number of amides is 1. The van der Waals surface area contributed by atoms with Gasteiger partial charge in [0.25, 0.3) is 5.91 Å². The van der Waals surface area contributed by atoms with E-state index in [1.165, 1.54) is 11.3 Å². The number of aliphatic hydroxyl groups is 3. The number of hydrogen-bond acceptors (Lipinski definition) is 5. The van der Waals surface area contributed by atoms with E-state index in [1.54, 1.807) is 6.07 Å². The fourth-order valence-electron chi connectivity index (χ4n) is 1.26. The zero-order valence-corrected chi connectivity index (χ0v) is 10.7. The van der Waals surface area contributed by atoms with Crippen LogP contribution in [0.5, 0.6) is 0 Å². The predicted octanol–water partition coefficient (Wildman–Crippen LogP) is -0.190. The molecule has 0 aliphatic heterocycles. The molecule has 1 rings (SSSR count). The lowest BCUT2D eigenvalue weighted by molar-refractivity contribution is 0.0377. The van der Waals surface area contributed by atoms with Crippen LogP contribution in [0.2, 0.25) is 0 Å². The minimum absolute atomic E-state index is 0.400. The monoisotopic (exact) mass is 259 g/mol. The molecule has 0 bridgehead atoms. The second-order valence-electron chi connectivity index (χ2n) is 4.06. The van der Waals surface area contributed by atoms with Crippen LogP contribution in [0.3, 0.4) is 0 Å². The first-order valence-corrected chi connectivity index (χ1v) is 6.02. The van der Waals surface area contributed by atoms with E-state index in [2.05, 4.69) is 5.32 Å². The standard InChI is InChI=1S/C11H17NO4S/c1-7-3-9(17-8(7)2)10(16)12-11(4-13,5-14)6-15/h3,13-15H,4-6H2,1-2H3,(H,12,16). The van der Waals surface area contributed by atoms with E-state index in [1.807, 2.05) is 13.8 Å². The van der Waals surface area contributed by atoms with Gasteiger partial charge in [0, 0.05) is 4.88 Å². The molecule has 0 fully saturated rings. The fraction of sp³-hybridized carbons (Fsp3) is 0.545. The normalized spacial score (nSPS) is 11.6. The van der Waals surface area contributed by atoms with E-state index in [-0.39, 0.29) is 0 Å². The summed E-state index contributed by atoms with van der Waals surface area (Å²) in [5, 5.41) is 29.8. The molecule has 0 saturated carbocycles. The quantitative estimate of drug-likeness (QED) is 0.590. The fourth-order valence-corrected chi connectivity index (χ4v) is 2.19. The van der Waals surface area contributed by atoms with Crippen LogP contribution < -0.4 is 5.32 Å². The maximum atomic E-state index is 11.9. The van der Waals surface area contributed by atoms with Crippen LogP contribution in [-0.2, 0) is 0 Å². The van der Waals surface area contributed by atoms with Crippen molar-refractivity contribution in [3.8, 4) is 0 Å². The number of carbonyl (C=O) groups excluding carboxylic acids is 1. The third kappa shape index (κ3) is 3.04. The molecule has 17 heavy (non-hydrogen) atoms. The number of carbonyl (C=O) groups is 1. The lowest BCUT2D eigenvalue weighted by Gasteiger charge is -2.28. The lowest BCUT2D eigenvalue weighted by atomic mass is 10.0. The number of nitrogens with one attached hydrogen (secondary N) is 1. The molecule has 0 atom stereocenters. The van der Waals surface area contributed by atoms with Crippen LogP contribution in [0.1, 0.15) is 20.1 Å². The Morgan fingerprint density at radius 2 is 1.82 bits per heavy atom. The van der Waals surface area contributed by atoms with Crippen LogP contribution in [0, 0.1) is 13.8 Å². The second kappa shape index (κ2) is 5.59. The van der Waals surface area contributed by atoms with Gasteiger partial charge >= 0.3 is 0 Å². The third-order valence-electron chi connectivity index (χ3n) is 2.68. The first-order valence-electron chi connectivity index (χ1n) is 5.20. The van der Waals surface area contributed by atoms with Crippen LogP contribution in [0.25, 0.3) is 0 Å². The molecule has 0 aliphatic carbocycles. The van der Waals surface area contributed by atoms with Gasteiger partial charge in [-0.1, -0.05) is 0 Å². The van der Waals surface area contributed by atoms with Crippen molar-refractivity contribution in [3.05, 3.63) is 21.4 Å². The summed E-state index contributed by atoms with van der Waals surface area (Å²) in [6.07, 6.45) is 0. The highest BCUT2D eigenvalue weighted by Crippen LogP contribution is 2.21. The molecule has 0 saturated heterocycles. The zero-order chi connectivity index (χ0) is 13.1. The molecule has 1 aromatic rings. The highest BCUT2D eigenvalue weighted by Gasteiger charge is 2.30. The SMILES string of the molecule is Cc1cc(C(=O)NC(CO)(CO)CO)sc1C. The number of aliphatic hydroxyl groups excluding tert-OH is 3. The Morgan fingerprint density at radius 3 is 2.18 bits per heavy atom. The first kappa shape index (κ1) is 14.1. The van der Waals surface area contributed by atoms with Crippen LogP contribution in [-0.4, -0.2) is 46.6 Å². The highest BCUT2D eigenvalue weighted by molar-refractivity contribution is 7.14. The molecule has 6 heteroatoms. The maximum Gasteiger partial charge on any atom is 0.262 e. The largest absolute Gasteiger partial charge is 0.394 e. The molecular weight excluding hydrogens is 242 g/mol. The molecule has 1 amide bonds. The topological polar surface area (TPSA) is 89.8 Å². The highest BCUT2D eigenvalue weighted by atomic mass is 32.1. The van der Waals surface area contributed by atoms with Crippen molar-refractivity contribution in [2.24, 2.45) is 0 Å². The van der Waals surface area contributed by atoms with Gasteiger partial charge in [-0.3, -0.25) is 4.79 Å². The Morgan fingerprint density at radius 1 is 1.29 bits per heavy atom. The van der Waals surface area contributed by atoms with E-state index in [4.69, 9.17) is 15.3 Å². The van der Waals surface area contributed by atoms with Gasteiger partial charge in [-0.2, -0.15) is 0 Å².